The molecule has 0 saturated carbocycles. The van der Waals surface area contributed by atoms with Crippen molar-refractivity contribution >= 4 is 34.6 Å². The number of imide groups is 1. The zero-order chi connectivity index (χ0) is 17.1. The van der Waals surface area contributed by atoms with Gasteiger partial charge in [0.2, 0.25) is 0 Å². The minimum atomic E-state index is -1.35. The maximum absolute atomic E-state index is 12.5. The van der Waals surface area contributed by atoms with Crippen LogP contribution in [-0.4, -0.2) is 27.4 Å². The number of carboxylic acids is 1. The number of carboxylic acid groups (broad SMARTS) is 1. The highest BCUT2D eigenvalue weighted by Crippen LogP contribution is 2.30. The van der Waals surface area contributed by atoms with Gasteiger partial charge in [0.25, 0.3) is 11.1 Å². The van der Waals surface area contributed by atoms with E-state index < -0.39 is 17.3 Å². The van der Waals surface area contributed by atoms with Crippen LogP contribution in [0.3, 0.4) is 0 Å². The Balaban J connectivity index is 1.76. The van der Waals surface area contributed by atoms with Crippen LogP contribution in [0.2, 0.25) is 0 Å². The number of thioether (sulfide) groups is 1. The average Bonchev–Trinajstić information content (AvgIpc) is 2.84. The Bertz CT molecular complexity index is 794. The first-order valence-electron chi connectivity index (χ1n) is 7.19. The van der Waals surface area contributed by atoms with E-state index in [1.165, 1.54) is 12.1 Å². The molecule has 1 aliphatic rings. The first kappa shape index (κ1) is 16.1. The van der Waals surface area contributed by atoms with Crippen molar-refractivity contribution in [3.8, 4) is 0 Å². The Kier molecular flexibility index (Phi) is 4.52. The fourth-order valence-electron chi connectivity index (χ4n) is 2.37. The Hall–Kier alpha value is -2.80. The molecule has 0 unspecified atom stereocenters. The number of para-hydroxylation sites is 1. The lowest BCUT2D eigenvalue weighted by atomic mass is 10.2. The molecular formula is C17H13N2O4S-. The lowest BCUT2D eigenvalue weighted by Crippen LogP contribution is -2.34. The Labute approximate surface area is 142 Å². The van der Waals surface area contributed by atoms with E-state index in [0.717, 1.165) is 22.2 Å². The molecule has 0 radical (unpaired) electrons. The van der Waals surface area contributed by atoms with Crippen LogP contribution < -0.4 is 10.4 Å². The van der Waals surface area contributed by atoms with Crippen molar-refractivity contribution in [2.75, 3.05) is 5.32 Å². The molecule has 3 rings (SSSR count). The molecule has 0 bridgehead atoms. The van der Waals surface area contributed by atoms with Crippen molar-refractivity contribution in [1.82, 2.24) is 4.90 Å². The van der Waals surface area contributed by atoms with E-state index >= 15 is 0 Å². The summed E-state index contributed by atoms with van der Waals surface area (Å²) in [6.07, 6.45) is 0. The Morgan fingerprint density at radius 3 is 2.46 bits per heavy atom. The van der Waals surface area contributed by atoms with E-state index in [1.54, 1.807) is 12.1 Å². The van der Waals surface area contributed by atoms with Crippen molar-refractivity contribution in [3.63, 3.8) is 0 Å². The van der Waals surface area contributed by atoms with E-state index in [9.17, 15) is 19.5 Å². The van der Waals surface area contributed by atoms with Gasteiger partial charge < -0.3 is 15.2 Å². The topological polar surface area (TPSA) is 89.5 Å². The number of hydrogen-bond acceptors (Lipinski definition) is 6. The molecule has 1 atom stereocenters. The number of amides is 2. The third-order valence-corrected chi connectivity index (χ3v) is 4.52. The standard InChI is InChI=1S/C17H14N2O4S/c20-15-14(18-13-9-5-4-8-12(13)16(21)22)24-17(23)19(15)10-11-6-2-1-3-7-11/h1-9,14,18H,10H2,(H,21,22)/p-1/t14-/m1/s1. The third-order valence-electron chi connectivity index (χ3n) is 3.55. The van der Waals surface area contributed by atoms with Gasteiger partial charge in [-0.2, -0.15) is 0 Å². The quantitative estimate of drug-likeness (QED) is 0.890. The molecule has 2 aromatic rings. The van der Waals surface area contributed by atoms with Gasteiger partial charge in [0.1, 0.15) is 0 Å². The number of rotatable bonds is 5. The predicted molar refractivity (Wildman–Crippen MR) is 88.2 cm³/mol. The number of anilines is 1. The summed E-state index contributed by atoms with van der Waals surface area (Å²) in [5.74, 6) is -1.75. The van der Waals surface area contributed by atoms with Crippen LogP contribution in [0.25, 0.3) is 0 Å². The number of nitrogens with zero attached hydrogens (tertiary/aromatic N) is 1. The van der Waals surface area contributed by atoms with Gasteiger partial charge in [-0.15, -0.1) is 0 Å². The van der Waals surface area contributed by atoms with Gasteiger partial charge in [-0.1, -0.05) is 48.5 Å². The second-order valence-corrected chi connectivity index (χ2v) is 6.21. The fraction of sp³-hybridized carbons (Fsp3) is 0.118. The lowest BCUT2D eigenvalue weighted by molar-refractivity contribution is -0.254. The summed E-state index contributed by atoms with van der Waals surface area (Å²) in [6, 6.07) is 15.3. The molecule has 0 aliphatic carbocycles. The third kappa shape index (κ3) is 3.26. The molecule has 0 aromatic heterocycles. The molecule has 1 aliphatic heterocycles. The number of nitrogens with one attached hydrogen (secondary N) is 1. The monoisotopic (exact) mass is 341 g/mol. The van der Waals surface area contributed by atoms with Crippen LogP contribution in [0.15, 0.2) is 54.6 Å². The van der Waals surface area contributed by atoms with Gasteiger partial charge >= 0.3 is 0 Å². The number of hydrogen-bond donors (Lipinski definition) is 1. The van der Waals surface area contributed by atoms with Crippen LogP contribution in [0.1, 0.15) is 15.9 Å². The Morgan fingerprint density at radius 2 is 1.75 bits per heavy atom. The first-order valence-corrected chi connectivity index (χ1v) is 8.07. The summed E-state index contributed by atoms with van der Waals surface area (Å²) in [7, 11) is 0. The molecule has 1 fully saturated rings. The van der Waals surface area contributed by atoms with Crippen molar-refractivity contribution < 1.29 is 19.5 Å². The maximum atomic E-state index is 12.5. The zero-order valence-corrected chi connectivity index (χ0v) is 13.3. The van der Waals surface area contributed by atoms with Crippen LogP contribution in [0, 0.1) is 0 Å². The van der Waals surface area contributed by atoms with Gasteiger partial charge in [0.15, 0.2) is 5.37 Å². The van der Waals surface area contributed by atoms with E-state index in [-0.39, 0.29) is 23.0 Å². The number of aromatic carboxylic acids is 1. The first-order chi connectivity index (χ1) is 11.6. The summed E-state index contributed by atoms with van der Waals surface area (Å²) in [5, 5.41) is 12.7. The minimum absolute atomic E-state index is 0.0557. The van der Waals surface area contributed by atoms with Gasteiger partial charge in [0.05, 0.1) is 12.5 Å². The molecule has 1 heterocycles. The normalized spacial score (nSPS) is 17.2. The molecule has 7 heteroatoms. The van der Waals surface area contributed by atoms with Crippen LogP contribution >= 0.6 is 11.8 Å². The summed E-state index contributed by atoms with van der Waals surface area (Å²) in [6.45, 7) is 0.186. The predicted octanol–water partition coefficient (Wildman–Crippen LogP) is 1.68. The average molecular weight is 341 g/mol. The SMILES string of the molecule is O=C([O-])c1ccccc1N[C@@H]1SC(=O)N(Cc2ccccc2)C1=O. The summed E-state index contributed by atoms with van der Waals surface area (Å²) < 4.78 is 0. The van der Waals surface area contributed by atoms with Crippen molar-refractivity contribution in [1.29, 1.82) is 0 Å². The van der Waals surface area contributed by atoms with Crippen LogP contribution in [0.5, 0.6) is 0 Å². The van der Waals surface area contributed by atoms with Gasteiger partial charge in [-0.3, -0.25) is 14.5 Å². The van der Waals surface area contributed by atoms with E-state index in [4.69, 9.17) is 0 Å². The highest BCUT2D eigenvalue weighted by Gasteiger charge is 2.39. The van der Waals surface area contributed by atoms with Crippen molar-refractivity contribution in [2.24, 2.45) is 0 Å². The van der Waals surface area contributed by atoms with Gasteiger partial charge in [-0.25, -0.2) is 0 Å². The highest BCUT2D eigenvalue weighted by atomic mass is 32.2. The maximum Gasteiger partial charge on any atom is 0.291 e. The number of carbonyl (C=O) groups excluding carboxylic acids is 3. The molecule has 6 nitrogen and oxygen atoms in total. The van der Waals surface area contributed by atoms with Crippen LogP contribution in [-0.2, 0) is 11.3 Å². The van der Waals surface area contributed by atoms with Gasteiger partial charge in [0, 0.05) is 11.3 Å². The zero-order valence-electron chi connectivity index (χ0n) is 12.5. The number of carbonyl (C=O) groups is 3. The largest absolute Gasteiger partial charge is 0.545 e. The second-order valence-electron chi connectivity index (χ2n) is 5.15. The number of benzene rings is 2. The van der Waals surface area contributed by atoms with Crippen LogP contribution in [0.4, 0.5) is 10.5 Å². The van der Waals surface area contributed by atoms with E-state index in [1.807, 2.05) is 30.3 Å². The Morgan fingerprint density at radius 1 is 1.08 bits per heavy atom. The molecule has 0 spiro atoms. The molecular weight excluding hydrogens is 328 g/mol. The smallest absolute Gasteiger partial charge is 0.291 e. The minimum Gasteiger partial charge on any atom is -0.545 e. The highest BCUT2D eigenvalue weighted by molar-refractivity contribution is 8.15. The lowest BCUT2D eigenvalue weighted by Gasteiger charge is -2.17. The fourth-order valence-corrected chi connectivity index (χ4v) is 3.27. The molecule has 2 aromatic carbocycles. The molecule has 1 N–H and O–H groups in total. The van der Waals surface area contributed by atoms with E-state index in [2.05, 4.69) is 5.32 Å². The molecule has 24 heavy (non-hydrogen) atoms. The molecule has 122 valence electrons. The summed E-state index contributed by atoms with van der Waals surface area (Å²) in [5.41, 5.74) is 1.04. The van der Waals surface area contributed by atoms with Crippen molar-refractivity contribution in [2.45, 2.75) is 11.9 Å². The summed E-state index contributed by atoms with van der Waals surface area (Å²) >= 11 is 0.829. The second kappa shape index (κ2) is 6.76. The van der Waals surface area contributed by atoms with E-state index in [0.29, 0.717) is 0 Å². The van der Waals surface area contributed by atoms with Crippen molar-refractivity contribution in [3.05, 3.63) is 65.7 Å². The van der Waals surface area contributed by atoms with Gasteiger partial charge in [-0.05, 0) is 23.4 Å². The molecule has 2 amide bonds. The summed E-state index contributed by atoms with van der Waals surface area (Å²) in [4.78, 5) is 36.9. The molecule has 1 saturated heterocycles.